The number of anilines is 1. The van der Waals surface area contributed by atoms with Crippen LogP contribution in [0.1, 0.15) is 31.7 Å². The Morgan fingerprint density at radius 3 is 3.14 bits per heavy atom. The molecular formula is C16H26FN3O. The number of piperidine rings is 1. The normalized spacial score (nSPS) is 19.0. The summed E-state index contributed by atoms with van der Waals surface area (Å²) in [6.07, 6.45) is 4.71. The van der Waals surface area contributed by atoms with E-state index in [1.165, 1.54) is 12.6 Å². The minimum absolute atomic E-state index is 0.266. The van der Waals surface area contributed by atoms with Crippen LogP contribution >= 0.6 is 0 Å². The minimum Gasteiger partial charge on any atom is -0.384 e. The van der Waals surface area contributed by atoms with Crippen molar-refractivity contribution >= 4 is 5.82 Å². The number of ether oxygens (including phenoxy) is 1. The maximum absolute atomic E-state index is 13.5. The van der Waals surface area contributed by atoms with E-state index in [0.29, 0.717) is 12.5 Å². The van der Waals surface area contributed by atoms with Gasteiger partial charge in [0, 0.05) is 32.3 Å². The summed E-state index contributed by atoms with van der Waals surface area (Å²) in [5, 5.41) is 3.34. The number of nitrogens with one attached hydrogen (secondary N) is 1. The highest BCUT2D eigenvalue weighted by Crippen LogP contribution is 2.25. The van der Waals surface area contributed by atoms with Crippen LogP contribution in [0.15, 0.2) is 12.3 Å². The van der Waals surface area contributed by atoms with E-state index in [2.05, 4.69) is 22.1 Å². The quantitative estimate of drug-likeness (QED) is 0.785. The van der Waals surface area contributed by atoms with Crippen LogP contribution in [0.5, 0.6) is 0 Å². The molecule has 1 aromatic heterocycles. The number of pyridine rings is 1. The zero-order valence-electron chi connectivity index (χ0n) is 13.1. The van der Waals surface area contributed by atoms with E-state index in [9.17, 15) is 4.39 Å². The summed E-state index contributed by atoms with van der Waals surface area (Å²) in [4.78, 5) is 6.62. The summed E-state index contributed by atoms with van der Waals surface area (Å²) >= 11 is 0. The van der Waals surface area contributed by atoms with Crippen LogP contribution in [0.25, 0.3) is 0 Å². The van der Waals surface area contributed by atoms with Crippen LogP contribution in [0.2, 0.25) is 0 Å². The lowest BCUT2D eigenvalue weighted by Crippen LogP contribution is -2.38. The molecule has 1 fully saturated rings. The molecule has 0 amide bonds. The van der Waals surface area contributed by atoms with E-state index in [1.54, 1.807) is 13.2 Å². The molecule has 1 saturated heterocycles. The zero-order chi connectivity index (χ0) is 15.1. The molecule has 1 aliphatic rings. The maximum atomic E-state index is 13.5. The van der Waals surface area contributed by atoms with Gasteiger partial charge in [0.25, 0.3) is 0 Å². The molecule has 0 radical (unpaired) electrons. The van der Waals surface area contributed by atoms with Crippen LogP contribution < -0.4 is 10.2 Å². The lowest BCUT2D eigenvalue weighted by atomic mass is 9.98. The van der Waals surface area contributed by atoms with Gasteiger partial charge in [-0.05, 0) is 37.8 Å². The molecule has 5 heteroatoms. The maximum Gasteiger partial charge on any atom is 0.141 e. The number of hydrogen-bond acceptors (Lipinski definition) is 4. The standard InChI is InChI=1S/C16H26FN3O/c1-3-6-18-9-14-8-15(17)10-19-16(14)20-7-4-5-13(11-20)12-21-2/h8,10,13,18H,3-7,9,11-12H2,1-2H3. The Morgan fingerprint density at radius 1 is 1.52 bits per heavy atom. The molecule has 0 saturated carbocycles. The highest BCUT2D eigenvalue weighted by Gasteiger charge is 2.22. The number of rotatable bonds is 7. The molecule has 4 nitrogen and oxygen atoms in total. The molecule has 2 rings (SSSR count). The van der Waals surface area contributed by atoms with Gasteiger partial charge in [-0.3, -0.25) is 0 Å². The molecule has 0 spiro atoms. The molecule has 0 bridgehead atoms. The van der Waals surface area contributed by atoms with Gasteiger partial charge in [-0.15, -0.1) is 0 Å². The number of aromatic nitrogens is 1. The van der Waals surface area contributed by atoms with Gasteiger partial charge in [-0.25, -0.2) is 9.37 Å². The van der Waals surface area contributed by atoms with E-state index in [0.717, 1.165) is 50.5 Å². The second-order valence-electron chi connectivity index (χ2n) is 5.72. The molecule has 1 N–H and O–H groups in total. The zero-order valence-corrected chi connectivity index (χ0v) is 13.1. The lowest BCUT2D eigenvalue weighted by molar-refractivity contribution is 0.143. The van der Waals surface area contributed by atoms with Crippen molar-refractivity contribution in [2.45, 2.75) is 32.7 Å². The third kappa shape index (κ3) is 4.64. The monoisotopic (exact) mass is 295 g/mol. The highest BCUT2D eigenvalue weighted by molar-refractivity contribution is 5.47. The van der Waals surface area contributed by atoms with E-state index in [1.807, 2.05) is 0 Å². The van der Waals surface area contributed by atoms with E-state index in [4.69, 9.17) is 4.74 Å². The first-order valence-electron chi connectivity index (χ1n) is 7.83. The Kier molecular flexibility index (Phi) is 6.39. The number of halogens is 1. The first-order valence-corrected chi connectivity index (χ1v) is 7.83. The molecule has 2 heterocycles. The third-order valence-corrected chi connectivity index (χ3v) is 3.87. The largest absolute Gasteiger partial charge is 0.384 e. The summed E-state index contributed by atoms with van der Waals surface area (Å²) < 4.78 is 18.8. The Labute approximate surface area is 126 Å². The van der Waals surface area contributed by atoms with Crippen molar-refractivity contribution in [1.82, 2.24) is 10.3 Å². The van der Waals surface area contributed by atoms with Gasteiger partial charge in [-0.2, -0.15) is 0 Å². The second-order valence-corrected chi connectivity index (χ2v) is 5.72. The van der Waals surface area contributed by atoms with Crippen molar-refractivity contribution in [3.05, 3.63) is 23.6 Å². The molecule has 0 aromatic carbocycles. The van der Waals surface area contributed by atoms with Gasteiger partial charge in [-0.1, -0.05) is 6.92 Å². The van der Waals surface area contributed by atoms with Gasteiger partial charge < -0.3 is 15.0 Å². The van der Waals surface area contributed by atoms with E-state index in [-0.39, 0.29) is 5.82 Å². The summed E-state index contributed by atoms with van der Waals surface area (Å²) in [5.41, 5.74) is 0.946. The fraction of sp³-hybridized carbons (Fsp3) is 0.688. The lowest BCUT2D eigenvalue weighted by Gasteiger charge is -2.34. The van der Waals surface area contributed by atoms with Crippen molar-refractivity contribution in [3.8, 4) is 0 Å². The van der Waals surface area contributed by atoms with E-state index < -0.39 is 0 Å². The fourth-order valence-corrected chi connectivity index (χ4v) is 2.92. The summed E-state index contributed by atoms with van der Waals surface area (Å²) in [7, 11) is 1.75. The minimum atomic E-state index is -0.266. The summed E-state index contributed by atoms with van der Waals surface area (Å²) in [5.74, 6) is 1.19. The van der Waals surface area contributed by atoms with Crippen molar-refractivity contribution in [2.24, 2.45) is 5.92 Å². The fourth-order valence-electron chi connectivity index (χ4n) is 2.92. The van der Waals surface area contributed by atoms with Crippen LogP contribution in [0.4, 0.5) is 10.2 Å². The molecule has 1 atom stereocenters. The third-order valence-electron chi connectivity index (χ3n) is 3.87. The average molecular weight is 295 g/mol. The topological polar surface area (TPSA) is 37.4 Å². The smallest absolute Gasteiger partial charge is 0.141 e. The molecule has 1 aromatic rings. The summed E-state index contributed by atoms with van der Waals surface area (Å²) in [6.45, 7) is 6.42. The van der Waals surface area contributed by atoms with Gasteiger partial charge in [0.1, 0.15) is 11.6 Å². The predicted octanol–water partition coefficient (Wildman–Crippen LogP) is 2.58. The average Bonchev–Trinajstić information content (AvgIpc) is 2.48. The van der Waals surface area contributed by atoms with Crippen LogP contribution in [0.3, 0.4) is 0 Å². The van der Waals surface area contributed by atoms with Crippen molar-refractivity contribution in [3.63, 3.8) is 0 Å². The molecule has 1 aliphatic heterocycles. The van der Waals surface area contributed by atoms with Crippen molar-refractivity contribution < 1.29 is 9.13 Å². The molecular weight excluding hydrogens is 269 g/mol. The van der Waals surface area contributed by atoms with Gasteiger partial charge in [0.05, 0.1) is 12.8 Å². The van der Waals surface area contributed by atoms with Gasteiger partial charge >= 0.3 is 0 Å². The SMILES string of the molecule is CCCNCc1cc(F)cnc1N1CCCC(COC)C1. The predicted molar refractivity (Wildman–Crippen MR) is 83.0 cm³/mol. The Morgan fingerprint density at radius 2 is 2.38 bits per heavy atom. The van der Waals surface area contributed by atoms with Crippen molar-refractivity contribution in [2.75, 3.05) is 38.3 Å². The molecule has 21 heavy (non-hydrogen) atoms. The Bertz CT molecular complexity index is 440. The second kappa shape index (κ2) is 8.29. The number of nitrogens with zero attached hydrogens (tertiary/aromatic N) is 2. The van der Waals surface area contributed by atoms with Crippen LogP contribution in [0, 0.1) is 11.7 Å². The van der Waals surface area contributed by atoms with Crippen LogP contribution in [-0.2, 0) is 11.3 Å². The van der Waals surface area contributed by atoms with Crippen LogP contribution in [-0.4, -0.2) is 38.3 Å². The Balaban J connectivity index is 2.09. The van der Waals surface area contributed by atoms with Gasteiger partial charge in [0.15, 0.2) is 0 Å². The first-order chi connectivity index (χ1) is 10.2. The number of hydrogen-bond donors (Lipinski definition) is 1. The van der Waals surface area contributed by atoms with E-state index >= 15 is 0 Å². The highest BCUT2D eigenvalue weighted by atomic mass is 19.1. The molecule has 0 aliphatic carbocycles. The molecule has 118 valence electrons. The first kappa shape index (κ1) is 16.2. The van der Waals surface area contributed by atoms with Crippen molar-refractivity contribution in [1.29, 1.82) is 0 Å². The van der Waals surface area contributed by atoms with Gasteiger partial charge in [0.2, 0.25) is 0 Å². The molecule has 1 unspecified atom stereocenters. The number of methoxy groups -OCH3 is 1. The Hall–Kier alpha value is -1.20. The summed E-state index contributed by atoms with van der Waals surface area (Å²) in [6, 6.07) is 1.60.